The van der Waals surface area contributed by atoms with Crippen molar-refractivity contribution in [1.82, 2.24) is 15.0 Å². The number of anilines is 1. The number of aromatic nitrogens is 2. The Morgan fingerprint density at radius 2 is 1.93 bits per heavy atom. The van der Waals surface area contributed by atoms with E-state index in [9.17, 15) is 4.79 Å². The first kappa shape index (κ1) is 18.0. The number of para-hydroxylation sites is 1. The van der Waals surface area contributed by atoms with Crippen LogP contribution in [0.1, 0.15) is 24.7 Å². The summed E-state index contributed by atoms with van der Waals surface area (Å²) < 4.78 is 10.7. The van der Waals surface area contributed by atoms with Crippen molar-refractivity contribution in [2.75, 3.05) is 25.5 Å². The van der Waals surface area contributed by atoms with Gasteiger partial charge >= 0.3 is 6.03 Å². The van der Waals surface area contributed by atoms with Gasteiger partial charge in [0.05, 0.1) is 7.11 Å². The molecule has 1 fully saturated rings. The van der Waals surface area contributed by atoms with Crippen LogP contribution >= 0.6 is 0 Å². The molecule has 7 nitrogen and oxygen atoms in total. The van der Waals surface area contributed by atoms with Gasteiger partial charge in [0.2, 0.25) is 11.7 Å². The van der Waals surface area contributed by atoms with Crippen molar-refractivity contribution in [3.05, 3.63) is 60.5 Å². The summed E-state index contributed by atoms with van der Waals surface area (Å²) >= 11 is 0. The highest BCUT2D eigenvalue weighted by Crippen LogP contribution is 2.29. The van der Waals surface area contributed by atoms with Gasteiger partial charge in [-0.05, 0) is 37.1 Å². The summed E-state index contributed by atoms with van der Waals surface area (Å²) in [6.07, 6.45) is 1.59. The Morgan fingerprint density at radius 3 is 2.68 bits per heavy atom. The summed E-state index contributed by atoms with van der Waals surface area (Å²) in [6.45, 7) is 1.31. The highest BCUT2D eigenvalue weighted by molar-refractivity contribution is 5.89. The first-order valence-electron chi connectivity index (χ1n) is 9.32. The first-order chi connectivity index (χ1) is 13.7. The lowest BCUT2D eigenvalue weighted by Crippen LogP contribution is -2.40. The average Bonchev–Trinajstić information content (AvgIpc) is 3.25. The molecule has 0 saturated carbocycles. The number of hydrogen-bond acceptors (Lipinski definition) is 5. The monoisotopic (exact) mass is 378 g/mol. The van der Waals surface area contributed by atoms with E-state index in [1.165, 1.54) is 0 Å². The van der Waals surface area contributed by atoms with Crippen molar-refractivity contribution >= 4 is 11.7 Å². The van der Waals surface area contributed by atoms with Crippen LogP contribution in [-0.4, -0.2) is 41.3 Å². The molecule has 0 spiro atoms. The van der Waals surface area contributed by atoms with Crippen molar-refractivity contribution in [3.63, 3.8) is 0 Å². The number of piperidine rings is 1. The Bertz CT molecular complexity index is 934. The molecule has 0 bridgehead atoms. The number of rotatable bonds is 4. The van der Waals surface area contributed by atoms with E-state index >= 15 is 0 Å². The van der Waals surface area contributed by atoms with Crippen molar-refractivity contribution in [2.24, 2.45) is 0 Å². The second-order valence-corrected chi connectivity index (χ2v) is 6.75. The van der Waals surface area contributed by atoms with E-state index in [4.69, 9.17) is 9.26 Å². The Balaban J connectivity index is 1.36. The summed E-state index contributed by atoms with van der Waals surface area (Å²) in [7, 11) is 1.63. The molecule has 1 aliphatic heterocycles. The van der Waals surface area contributed by atoms with Gasteiger partial charge in [-0.1, -0.05) is 35.5 Å². The quantitative estimate of drug-likeness (QED) is 0.737. The summed E-state index contributed by atoms with van der Waals surface area (Å²) in [5.74, 6) is 2.09. The smallest absolute Gasteiger partial charge is 0.321 e. The molecule has 1 N–H and O–H groups in total. The third-order valence-corrected chi connectivity index (χ3v) is 4.93. The summed E-state index contributed by atoms with van der Waals surface area (Å²) in [5, 5.41) is 7.04. The molecular weight excluding hydrogens is 356 g/mol. The van der Waals surface area contributed by atoms with E-state index in [-0.39, 0.29) is 11.9 Å². The number of nitrogens with one attached hydrogen (secondary N) is 1. The van der Waals surface area contributed by atoms with Gasteiger partial charge in [0.25, 0.3) is 0 Å². The highest BCUT2D eigenvalue weighted by Gasteiger charge is 2.27. The van der Waals surface area contributed by atoms with Crippen molar-refractivity contribution < 1.29 is 14.1 Å². The van der Waals surface area contributed by atoms with Crippen LogP contribution in [0.2, 0.25) is 0 Å². The zero-order valence-corrected chi connectivity index (χ0v) is 15.7. The van der Waals surface area contributed by atoms with Crippen LogP contribution in [0.15, 0.2) is 59.1 Å². The Labute approximate surface area is 163 Å². The SMILES string of the molecule is COc1cccc(-c2noc(C3CCN(C(=O)Nc4ccccc4)CC3)n2)c1. The standard InChI is InChI=1S/C21H22N4O3/c1-27-18-9-5-6-16(14-18)19-23-20(28-24-19)15-10-12-25(13-11-15)21(26)22-17-7-3-2-4-8-17/h2-9,14-15H,10-13H2,1H3,(H,22,26). The highest BCUT2D eigenvalue weighted by atomic mass is 16.5. The minimum atomic E-state index is -0.0766. The Hall–Kier alpha value is -3.35. The van der Waals surface area contributed by atoms with Gasteiger partial charge in [-0.3, -0.25) is 0 Å². The number of nitrogens with zero attached hydrogens (tertiary/aromatic N) is 3. The van der Waals surface area contributed by atoms with Crippen molar-refractivity contribution in [3.8, 4) is 17.1 Å². The zero-order chi connectivity index (χ0) is 19.3. The fourth-order valence-corrected chi connectivity index (χ4v) is 3.33. The second kappa shape index (κ2) is 8.12. The van der Waals surface area contributed by atoms with E-state index in [0.717, 1.165) is 29.8 Å². The molecular formula is C21H22N4O3. The maximum atomic E-state index is 12.4. The summed E-state index contributed by atoms with van der Waals surface area (Å²) in [6, 6.07) is 17.0. The van der Waals surface area contributed by atoms with E-state index in [2.05, 4.69) is 15.5 Å². The van der Waals surface area contributed by atoms with Crippen LogP contribution in [0.25, 0.3) is 11.4 Å². The van der Waals surface area contributed by atoms with E-state index in [1.54, 1.807) is 7.11 Å². The molecule has 7 heteroatoms. The second-order valence-electron chi connectivity index (χ2n) is 6.75. The molecule has 1 aliphatic rings. The van der Waals surface area contributed by atoms with Crippen LogP contribution in [0.5, 0.6) is 5.75 Å². The minimum absolute atomic E-state index is 0.0766. The normalized spacial score (nSPS) is 14.7. The maximum absolute atomic E-state index is 12.4. The van der Waals surface area contributed by atoms with Crippen molar-refractivity contribution in [2.45, 2.75) is 18.8 Å². The molecule has 144 valence electrons. The number of benzene rings is 2. The van der Waals surface area contributed by atoms with Gasteiger partial charge < -0.3 is 19.5 Å². The largest absolute Gasteiger partial charge is 0.497 e. The van der Waals surface area contributed by atoms with E-state index in [1.807, 2.05) is 59.5 Å². The van der Waals surface area contributed by atoms with Crippen LogP contribution < -0.4 is 10.1 Å². The molecule has 3 aromatic rings. The third kappa shape index (κ3) is 3.98. The predicted molar refractivity (Wildman–Crippen MR) is 105 cm³/mol. The lowest BCUT2D eigenvalue weighted by atomic mass is 9.97. The van der Waals surface area contributed by atoms with Crippen molar-refractivity contribution in [1.29, 1.82) is 0 Å². The average molecular weight is 378 g/mol. The molecule has 0 unspecified atom stereocenters. The van der Waals surface area contributed by atoms with Crippen LogP contribution in [-0.2, 0) is 0 Å². The number of ether oxygens (including phenoxy) is 1. The lowest BCUT2D eigenvalue weighted by Gasteiger charge is -2.30. The zero-order valence-electron chi connectivity index (χ0n) is 15.7. The first-order valence-corrected chi connectivity index (χ1v) is 9.32. The number of amides is 2. The Morgan fingerprint density at radius 1 is 1.14 bits per heavy atom. The van der Waals surface area contributed by atoms with Gasteiger partial charge in [-0.15, -0.1) is 0 Å². The van der Waals surface area contributed by atoms with Gasteiger partial charge in [0.1, 0.15) is 5.75 Å². The summed E-state index contributed by atoms with van der Waals surface area (Å²) in [4.78, 5) is 18.8. The van der Waals surface area contributed by atoms with Gasteiger partial charge in [0.15, 0.2) is 0 Å². The van der Waals surface area contributed by atoms with E-state index in [0.29, 0.717) is 24.8 Å². The third-order valence-electron chi connectivity index (χ3n) is 4.93. The molecule has 2 amide bonds. The van der Waals surface area contributed by atoms with E-state index < -0.39 is 0 Å². The van der Waals surface area contributed by atoms with Gasteiger partial charge in [0, 0.05) is 30.3 Å². The molecule has 0 radical (unpaired) electrons. The minimum Gasteiger partial charge on any atom is -0.497 e. The fourth-order valence-electron chi connectivity index (χ4n) is 3.33. The number of likely N-dealkylation sites (tertiary alicyclic amines) is 1. The summed E-state index contributed by atoms with van der Waals surface area (Å²) in [5.41, 5.74) is 1.66. The van der Waals surface area contributed by atoms with Crippen LogP contribution in [0, 0.1) is 0 Å². The van der Waals surface area contributed by atoms with Gasteiger partial charge in [-0.25, -0.2) is 4.79 Å². The molecule has 28 heavy (non-hydrogen) atoms. The number of methoxy groups -OCH3 is 1. The number of hydrogen-bond donors (Lipinski definition) is 1. The molecule has 2 aromatic carbocycles. The topological polar surface area (TPSA) is 80.5 Å². The maximum Gasteiger partial charge on any atom is 0.321 e. The molecule has 0 atom stereocenters. The predicted octanol–water partition coefficient (Wildman–Crippen LogP) is 4.16. The molecule has 2 heterocycles. The van der Waals surface area contributed by atoms with Crippen LogP contribution in [0.3, 0.4) is 0 Å². The fraction of sp³-hybridized carbons (Fsp3) is 0.286. The molecule has 1 aromatic heterocycles. The number of urea groups is 1. The molecule has 0 aliphatic carbocycles. The number of carbonyl (C=O) groups is 1. The number of carbonyl (C=O) groups excluding carboxylic acids is 1. The molecule has 1 saturated heterocycles. The van der Waals surface area contributed by atoms with Gasteiger partial charge in [-0.2, -0.15) is 4.98 Å². The Kier molecular flexibility index (Phi) is 5.23. The van der Waals surface area contributed by atoms with Crippen LogP contribution in [0.4, 0.5) is 10.5 Å². The lowest BCUT2D eigenvalue weighted by molar-refractivity contribution is 0.187. The molecule has 4 rings (SSSR count).